The number of nitrogens with zero attached hydrogens (tertiary/aromatic N) is 1. The maximum absolute atomic E-state index is 13.6. The number of hydrogen-bond acceptors (Lipinski definition) is 4. The van der Waals surface area contributed by atoms with Crippen LogP contribution < -0.4 is 10.2 Å². The van der Waals surface area contributed by atoms with Crippen LogP contribution in [0.25, 0.3) is 0 Å². The summed E-state index contributed by atoms with van der Waals surface area (Å²) in [4.78, 5) is 38.5. The SMILES string of the molecule is CC(C)(C)CN1C(=O)[C@@H](CC(=O)NCC(=O)O)O[C@H](c2ccccc2Cl)c2cc(Cl)ccc21. The van der Waals surface area contributed by atoms with Crippen molar-refractivity contribution in [3.05, 3.63) is 63.6 Å². The lowest BCUT2D eigenvalue weighted by Crippen LogP contribution is -2.45. The standard InChI is InChI=1S/C24H26Cl2N2O5/c1-24(2,3)13-28-18-9-8-14(25)10-16(18)22(15-6-4-5-7-17(15)26)33-19(23(28)32)11-20(29)27-12-21(30)31/h4-10,19,22H,11-13H2,1-3H3,(H,27,29)(H,30,31)/t19-,22-/m1/s1. The minimum Gasteiger partial charge on any atom is -0.480 e. The number of aliphatic carboxylic acids is 1. The first-order chi connectivity index (χ1) is 15.5. The lowest BCUT2D eigenvalue weighted by molar-refractivity contribution is -0.140. The lowest BCUT2D eigenvalue weighted by Gasteiger charge is -2.31. The third-order valence-corrected chi connectivity index (χ3v) is 5.61. The molecular weight excluding hydrogens is 467 g/mol. The first-order valence-corrected chi connectivity index (χ1v) is 11.2. The smallest absolute Gasteiger partial charge is 0.322 e. The molecule has 2 aromatic carbocycles. The van der Waals surface area contributed by atoms with E-state index in [0.29, 0.717) is 33.4 Å². The number of carbonyl (C=O) groups is 3. The topological polar surface area (TPSA) is 95.9 Å². The van der Waals surface area contributed by atoms with Gasteiger partial charge in [0.15, 0.2) is 0 Å². The number of carboxylic acid groups (broad SMARTS) is 1. The molecule has 0 bridgehead atoms. The fourth-order valence-electron chi connectivity index (χ4n) is 3.69. The molecular formula is C24H26Cl2N2O5. The summed E-state index contributed by atoms with van der Waals surface area (Å²) in [7, 11) is 0. The van der Waals surface area contributed by atoms with Gasteiger partial charge in [-0.15, -0.1) is 0 Å². The van der Waals surface area contributed by atoms with Crippen LogP contribution in [0.15, 0.2) is 42.5 Å². The molecule has 7 nitrogen and oxygen atoms in total. The van der Waals surface area contributed by atoms with Crippen molar-refractivity contribution in [3.8, 4) is 0 Å². The van der Waals surface area contributed by atoms with E-state index in [1.807, 2.05) is 26.8 Å². The molecule has 1 aliphatic rings. The maximum Gasteiger partial charge on any atom is 0.322 e. The first kappa shape index (κ1) is 25.0. The molecule has 9 heteroatoms. The summed E-state index contributed by atoms with van der Waals surface area (Å²) < 4.78 is 6.25. The van der Waals surface area contributed by atoms with Crippen molar-refractivity contribution in [1.29, 1.82) is 0 Å². The zero-order valence-corrected chi connectivity index (χ0v) is 20.1. The van der Waals surface area contributed by atoms with Crippen LogP contribution in [0, 0.1) is 5.41 Å². The van der Waals surface area contributed by atoms with E-state index < -0.39 is 36.5 Å². The van der Waals surface area contributed by atoms with E-state index in [9.17, 15) is 14.4 Å². The van der Waals surface area contributed by atoms with Gasteiger partial charge in [0, 0.05) is 33.4 Å². The zero-order chi connectivity index (χ0) is 24.3. The van der Waals surface area contributed by atoms with Crippen LogP contribution in [0.4, 0.5) is 5.69 Å². The van der Waals surface area contributed by atoms with E-state index in [1.54, 1.807) is 41.3 Å². The number of carbonyl (C=O) groups excluding carboxylic acids is 2. The van der Waals surface area contributed by atoms with Crippen LogP contribution in [-0.2, 0) is 19.1 Å². The van der Waals surface area contributed by atoms with Crippen LogP contribution >= 0.6 is 23.2 Å². The number of nitrogens with one attached hydrogen (secondary N) is 1. The van der Waals surface area contributed by atoms with Crippen LogP contribution in [-0.4, -0.2) is 42.1 Å². The Balaban J connectivity index is 2.11. The van der Waals surface area contributed by atoms with Crippen LogP contribution in [0.3, 0.4) is 0 Å². The van der Waals surface area contributed by atoms with Gasteiger partial charge in [-0.3, -0.25) is 14.4 Å². The van der Waals surface area contributed by atoms with Crippen molar-refractivity contribution in [3.63, 3.8) is 0 Å². The number of ether oxygens (including phenoxy) is 1. The third kappa shape index (κ3) is 6.25. The van der Waals surface area contributed by atoms with Crippen molar-refractivity contribution in [1.82, 2.24) is 5.32 Å². The average Bonchev–Trinajstić information content (AvgIpc) is 2.82. The van der Waals surface area contributed by atoms with E-state index in [0.717, 1.165) is 0 Å². The van der Waals surface area contributed by atoms with Gasteiger partial charge in [-0.05, 0) is 29.7 Å². The summed E-state index contributed by atoms with van der Waals surface area (Å²) in [6.07, 6.45) is -2.26. The van der Waals surface area contributed by atoms with E-state index in [1.165, 1.54) is 0 Å². The van der Waals surface area contributed by atoms with Crippen LogP contribution in [0.5, 0.6) is 0 Å². The molecule has 0 spiro atoms. The highest BCUT2D eigenvalue weighted by molar-refractivity contribution is 6.31. The van der Waals surface area contributed by atoms with Gasteiger partial charge in [-0.1, -0.05) is 62.2 Å². The number of amides is 2. The molecule has 2 atom stereocenters. The van der Waals surface area contributed by atoms with Crippen LogP contribution in [0.1, 0.15) is 44.4 Å². The molecule has 2 N–H and O–H groups in total. The monoisotopic (exact) mass is 492 g/mol. The van der Waals surface area contributed by atoms with Crippen LogP contribution in [0.2, 0.25) is 10.0 Å². The van der Waals surface area contributed by atoms with Crippen molar-refractivity contribution in [2.75, 3.05) is 18.0 Å². The number of halogens is 2. The normalized spacial score (nSPS) is 18.5. The molecule has 1 heterocycles. The number of carboxylic acids is 1. The molecule has 0 fully saturated rings. The van der Waals surface area contributed by atoms with E-state index in [4.69, 9.17) is 33.0 Å². The number of rotatable bonds is 6. The summed E-state index contributed by atoms with van der Waals surface area (Å²) in [6.45, 7) is 5.83. The Hall–Kier alpha value is -2.61. The summed E-state index contributed by atoms with van der Waals surface area (Å²) in [5.41, 5.74) is 1.65. The summed E-state index contributed by atoms with van der Waals surface area (Å²) in [5, 5.41) is 12.1. The second kappa shape index (κ2) is 10.1. The minimum atomic E-state index is -1.18. The number of hydrogen-bond donors (Lipinski definition) is 2. The van der Waals surface area contributed by atoms with E-state index >= 15 is 0 Å². The molecule has 1 aliphatic heterocycles. The van der Waals surface area contributed by atoms with Gasteiger partial charge in [-0.2, -0.15) is 0 Å². The molecule has 0 aromatic heterocycles. The third-order valence-electron chi connectivity index (χ3n) is 5.03. The Kier molecular flexibility index (Phi) is 7.67. The molecule has 0 saturated heterocycles. The predicted molar refractivity (Wildman–Crippen MR) is 127 cm³/mol. The molecule has 0 unspecified atom stereocenters. The fourth-order valence-corrected chi connectivity index (χ4v) is 4.10. The largest absolute Gasteiger partial charge is 0.480 e. The molecule has 33 heavy (non-hydrogen) atoms. The van der Waals surface area contributed by atoms with Gasteiger partial charge in [0.2, 0.25) is 5.91 Å². The van der Waals surface area contributed by atoms with Crippen molar-refractivity contribution in [2.24, 2.45) is 5.41 Å². The molecule has 2 amide bonds. The Morgan fingerprint density at radius 3 is 2.45 bits per heavy atom. The fraction of sp³-hybridized carbons (Fsp3) is 0.375. The summed E-state index contributed by atoms with van der Waals surface area (Å²) in [6, 6.07) is 12.3. The summed E-state index contributed by atoms with van der Waals surface area (Å²) >= 11 is 12.8. The van der Waals surface area contributed by atoms with Crippen molar-refractivity contribution >= 4 is 46.7 Å². The van der Waals surface area contributed by atoms with Gasteiger partial charge in [-0.25, -0.2) is 0 Å². The second-order valence-electron chi connectivity index (χ2n) is 9.09. The van der Waals surface area contributed by atoms with Gasteiger partial charge in [0.1, 0.15) is 18.8 Å². The van der Waals surface area contributed by atoms with Gasteiger partial charge in [0.25, 0.3) is 5.91 Å². The highest BCUT2D eigenvalue weighted by Crippen LogP contribution is 2.42. The highest BCUT2D eigenvalue weighted by Gasteiger charge is 2.39. The van der Waals surface area contributed by atoms with Crippen molar-refractivity contribution < 1.29 is 24.2 Å². The predicted octanol–water partition coefficient (Wildman–Crippen LogP) is 4.45. The highest BCUT2D eigenvalue weighted by atomic mass is 35.5. The first-order valence-electron chi connectivity index (χ1n) is 10.5. The Bertz CT molecular complexity index is 1070. The minimum absolute atomic E-state index is 0.257. The lowest BCUT2D eigenvalue weighted by atomic mass is 9.94. The number of fused-ring (bicyclic) bond motifs is 1. The second-order valence-corrected chi connectivity index (χ2v) is 9.93. The molecule has 176 valence electrons. The maximum atomic E-state index is 13.6. The number of anilines is 1. The van der Waals surface area contributed by atoms with Gasteiger partial charge < -0.3 is 20.1 Å². The molecule has 0 aliphatic carbocycles. The van der Waals surface area contributed by atoms with Gasteiger partial charge >= 0.3 is 5.97 Å². The Morgan fingerprint density at radius 1 is 1.12 bits per heavy atom. The quantitative estimate of drug-likeness (QED) is 0.620. The molecule has 0 saturated carbocycles. The average molecular weight is 493 g/mol. The zero-order valence-electron chi connectivity index (χ0n) is 18.6. The van der Waals surface area contributed by atoms with E-state index in [2.05, 4.69) is 5.32 Å². The molecule has 3 rings (SSSR count). The Morgan fingerprint density at radius 2 is 1.82 bits per heavy atom. The molecule has 0 radical (unpaired) electrons. The van der Waals surface area contributed by atoms with E-state index in [-0.39, 0.29) is 11.8 Å². The van der Waals surface area contributed by atoms with Crippen molar-refractivity contribution in [2.45, 2.75) is 39.4 Å². The number of benzene rings is 2. The molecule has 2 aromatic rings. The Labute approximate surface area is 202 Å². The summed E-state index contributed by atoms with van der Waals surface area (Å²) in [5.74, 6) is -2.18. The van der Waals surface area contributed by atoms with Gasteiger partial charge in [0.05, 0.1) is 6.42 Å².